The molecule has 68 valence electrons. The molecule has 1 aliphatic heterocycles. The number of aliphatic hydroxyl groups is 1. The zero-order valence-corrected chi connectivity index (χ0v) is 6.52. The number of non-ortho nitro benzene ring substituents is 1. The summed E-state index contributed by atoms with van der Waals surface area (Å²) >= 11 is 0. The van der Waals surface area contributed by atoms with Crippen LogP contribution >= 0.6 is 0 Å². The van der Waals surface area contributed by atoms with E-state index < -0.39 is 11.3 Å². The Hall–Kier alpha value is -1.82. The van der Waals surface area contributed by atoms with Crippen molar-refractivity contribution >= 4 is 17.1 Å². The van der Waals surface area contributed by atoms with Crippen LogP contribution in [0.1, 0.15) is 0 Å². The highest BCUT2D eigenvalue weighted by Crippen LogP contribution is 2.31. The Balaban J connectivity index is 2.40. The minimum Gasteiger partial charge on any atom is -0.357 e. The van der Waals surface area contributed by atoms with Crippen LogP contribution in [0.2, 0.25) is 0 Å². The van der Waals surface area contributed by atoms with Crippen LogP contribution in [-0.4, -0.2) is 16.4 Å². The minimum atomic E-state index is -0.864. The van der Waals surface area contributed by atoms with Gasteiger partial charge in [-0.25, -0.2) is 0 Å². The third kappa shape index (κ3) is 1.27. The van der Waals surface area contributed by atoms with Gasteiger partial charge in [-0.1, -0.05) is 0 Å². The lowest BCUT2D eigenvalue weighted by molar-refractivity contribution is -0.384. The molecule has 0 fully saturated rings. The van der Waals surface area contributed by atoms with Crippen LogP contribution in [-0.2, 0) is 0 Å². The molecular weight excluding hydrogens is 174 g/mol. The summed E-state index contributed by atoms with van der Waals surface area (Å²) < 4.78 is 0. The molecule has 1 aromatic carbocycles. The summed E-state index contributed by atoms with van der Waals surface area (Å²) in [6.07, 6.45) is -0.864. The van der Waals surface area contributed by atoms with Crippen molar-refractivity contribution in [3.63, 3.8) is 0 Å². The maximum Gasteiger partial charge on any atom is 0.271 e. The van der Waals surface area contributed by atoms with E-state index in [1.165, 1.54) is 12.1 Å². The van der Waals surface area contributed by atoms with Crippen LogP contribution in [0.15, 0.2) is 18.2 Å². The summed E-state index contributed by atoms with van der Waals surface area (Å²) in [5, 5.41) is 24.8. The summed E-state index contributed by atoms with van der Waals surface area (Å²) in [5.41, 5.74) is 1.21. The quantitative estimate of drug-likeness (QED) is 0.438. The monoisotopic (exact) mass is 181 g/mol. The Labute approximate surface area is 73.3 Å². The fourth-order valence-electron chi connectivity index (χ4n) is 1.22. The molecule has 1 atom stereocenters. The zero-order chi connectivity index (χ0) is 9.42. The highest BCUT2D eigenvalue weighted by atomic mass is 16.6. The number of nitrogens with zero attached hydrogens (tertiary/aromatic N) is 1. The molecule has 0 aromatic heterocycles. The third-order valence-corrected chi connectivity index (χ3v) is 1.80. The SMILES string of the molecule is O=[N+]([O-])c1ccc2c(c1)NC(O)N2. The van der Waals surface area contributed by atoms with Gasteiger partial charge in [0, 0.05) is 12.1 Å². The number of benzene rings is 1. The van der Waals surface area contributed by atoms with E-state index >= 15 is 0 Å². The Morgan fingerprint density at radius 3 is 2.77 bits per heavy atom. The number of fused-ring (bicyclic) bond motifs is 1. The molecule has 6 heteroatoms. The van der Waals surface area contributed by atoms with Gasteiger partial charge in [0.25, 0.3) is 5.69 Å². The van der Waals surface area contributed by atoms with Crippen LogP contribution in [0.25, 0.3) is 0 Å². The molecule has 0 saturated carbocycles. The molecule has 3 N–H and O–H groups in total. The Morgan fingerprint density at radius 2 is 2.08 bits per heavy atom. The van der Waals surface area contributed by atoms with E-state index in [1.807, 2.05) is 0 Å². The van der Waals surface area contributed by atoms with Crippen molar-refractivity contribution in [3.8, 4) is 0 Å². The second-order valence-electron chi connectivity index (χ2n) is 2.68. The normalized spacial score (nSPS) is 18.7. The van der Waals surface area contributed by atoms with Crippen molar-refractivity contribution < 1.29 is 10.0 Å². The van der Waals surface area contributed by atoms with E-state index in [4.69, 9.17) is 5.11 Å². The van der Waals surface area contributed by atoms with Crippen molar-refractivity contribution in [2.24, 2.45) is 0 Å². The highest BCUT2D eigenvalue weighted by molar-refractivity contribution is 5.76. The van der Waals surface area contributed by atoms with Crippen LogP contribution in [0, 0.1) is 10.1 Å². The predicted molar refractivity (Wildman–Crippen MR) is 46.3 cm³/mol. The van der Waals surface area contributed by atoms with E-state index in [1.54, 1.807) is 6.07 Å². The fourth-order valence-corrected chi connectivity index (χ4v) is 1.22. The van der Waals surface area contributed by atoms with Crippen LogP contribution in [0.4, 0.5) is 17.1 Å². The van der Waals surface area contributed by atoms with Gasteiger partial charge in [0.2, 0.25) is 6.35 Å². The van der Waals surface area contributed by atoms with Gasteiger partial charge in [-0.2, -0.15) is 0 Å². The predicted octanol–water partition coefficient (Wildman–Crippen LogP) is 0.708. The van der Waals surface area contributed by atoms with E-state index in [0.717, 1.165) is 0 Å². The van der Waals surface area contributed by atoms with Gasteiger partial charge in [0.05, 0.1) is 16.3 Å². The molecule has 1 aliphatic rings. The molecule has 0 aliphatic carbocycles. The van der Waals surface area contributed by atoms with Crippen molar-refractivity contribution in [3.05, 3.63) is 28.3 Å². The largest absolute Gasteiger partial charge is 0.357 e. The van der Waals surface area contributed by atoms with Crippen LogP contribution < -0.4 is 10.6 Å². The lowest BCUT2D eigenvalue weighted by Gasteiger charge is -2.00. The number of anilines is 2. The second kappa shape index (κ2) is 2.60. The minimum absolute atomic E-state index is 0.00199. The summed E-state index contributed by atoms with van der Waals surface area (Å²) in [5.74, 6) is 0. The van der Waals surface area contributed by atoms with Gasteiger partial charge >= 0.3 is 0 Å². The van der Waals surface area contributed by atoms with Crippen LogP contribution in [0.3, 0.4) is 0 Å². The van der Waals surface area contributed by atoms with Gasteiger partial charge in [0.15, 0.2) is 0 Å². The molecule has 0 saturated heterocycles. The number of nitro groups is 1. The molecular formula is C7H7N3O3. The van der Waals surface area contributed by atoms with Gasteiger partial charge in [-0.3, -0.25) is 10.1 Å². The first kappa shape index (κ1) is 7.81. The number of nitro benzene ring substituents is 1. The summed E-state index contributed by atoms with van der Waals surface area (Å²) in [6.45, 7) is 0. The first-order valence-corrected chi connectivity index (χ1v) is 3.66. The molecule has 0 radical (unpaired) electrons. The van der Waals surface area contributed by atoms with Gasteiger partial charge < -0.3 is 15.7 Å². The number of aliphatic hydroxyl groups excluding tert-OH is 1. The van der Waals surface area contributed by atoms with E-state index in [9.17, 15) is 10.1 Å². The van der Waals surface area contributed by atoms with Crippen molar-refractivity contribution in [2.75, 3.05) is 10.6 Å². The Kier molecular flexibility index (Phi) is 1.56. The lowest BCUT2D eigenvalue weighted by atomic mass is 10.2. The average Bonchev–Trinajstić information content (AvgIpc) is 2.42. The maximum atomic E-state index is 10.4. The van der Waals surface area contributed by atoms with Crippen LogP contribution in [0.5, 0.6) is 0 Å². The van der Waals surface area contributed by atoms with Gasteiger partial charge in [0.1, 0.15) is 0 Å². The first-order chi connectivity index (χ1) is 6.16. The van der Waals surface area contributed by atoms with Gasteiger partial charge in [-0.15, -0.1) is 0 Å². The number of nitrogens with one attached hydrogen (secondary N) is 2. The molecule has 1 unspecified atom stereocenters. The second-order valence-corrected chi connectivity index (χ2v) is 2.68. The molecule has 1 heterocycles. The molecule has 0 bridgehead atoms. The number of rotatable bonds is 1. The molecule has 0 spiro atoms. The zero-order valence-electron chi connectivity index (χ0n) is 6.52. The molecule has 13 heavy (non-hydrogen) atoms. The third-order valence-electron chi connectivity index (χ3n) is 1.80. The smallest absolute Gasteiger partial charge is 0.271 e. The lowest BCUT2D eigenvalue weighted by Crippen LogP contribution is -2.20. The number of hydrogen-bond acceptors (Lipinski definition) is 5. The Morgan fingerprint density at radius 1 is 1.38 bits per heavy atom. The average molecular weight is 181 g/mol. The summed E-state index contributed by atoms with van der Waals surface area (Å²) in [4.78, 5) is 9.90. The maximum absolute atomic E-state index is 10.4. The van der Waals surface area contributed by atoms with Crippen molar-refractivity contribution in [1.82, 2.24) is 0 Å². The summed E-state index contributed by atoms with van der Waals surface area (Å²) in [6, 6.07) is 4.31. The summed E-state index contributed by atoms with van der Waals surface area (Å²) in [7, 11) is 0. The molecule has 2 rings (SSSR count). The van der Waals surface area contributed by atoms with E-state index in [0.29, 0.717) is 11.4 Å². The fraction of sp³-hybridized carbons (Fsp3) is 0.143. The van der Waals surface area contributed by atoms with E-state index in [2.05, 4.69) is 10.6 Å². The standard InChI is InChI=1S/C7H7N3O3/c11-7-8-5-2-1-4(10(12)13)3-6(5)9-7/h1-3,7-9,11H. The Bertz CT molecular complexity index is 366. The van der Waals surface area contributed by atoms with Crippen molar-refractivity contribution in [1.29, 1.82) is 0 Å². The molecule has 0 amide bonds. The first-order valence-electron chi connectivity index (χ1n) is 3.66. The van der Waals surface area contributed by atoms with Gasteiger partial charge in [-0.05, 0) is 6.07 Å². The highest BCUT2D eigenvalue weighted by Gasteiger charge is 2.19. The molecule has 6 nitrogen and oxygen atoms in total. The topological polar surface area (TPSA) is 87.4 Å². The molecule has 1 aromatic rings. The number of hydrogen-bond donors (Lipinski definition) is 3. The van der Waals surface area contributed by atoms with Crippen molar-refractivity contribution in [2.45, 2.75) is 6.35 Å². The van der Waals surface area contributed by atoms with E-state index in [-0.39, 0.29) is 5.69 Å².